The van der Waals surface area contributed by atoms with E-state index in [-0.39, 0.29) is 12.4 Å². The number of rotatable bonds is 4. The lowest BCUT2D eigenvalue weighted by Gasteiger charge is -2.03. The van der Waals surface area contributed by atoms with Crippen molar-refractivity contribution in [2.24, 2.45) is 7.05 Å². The summed E-state index contributed by atoms with van der Waals surface area (Å²) in [5.41, 5.74) is 0.621. The number of hydrogen-bond acceptors (Lipinski definition) is 5. The lowest BCUT2D eigenvalue weighted by atomic mass is 10.3. The minimum atomic E-state index is -0.341. The molecule has 0 saturated heterocycles. The number of hydrogen-bond donors (Lipinski definition) is 0. The second-order valence-corrected chi connectivity index (χ2v) is 4.12. The number of benzene rings is 1. The first-order valence-corrected chi connectivity index (χ1v) is 5.87. The Morgan fingerprint density at radius 2 is 2.20 bits per heavy atom. The molecule has 0 N–H and O–H groups in total. The maximum absolute atomic E-state index is 13.0. The van der Waals surface area contributed by atoms with Crippen LogP contribution in [0.4, 0.5) is 4.39 Å². The van der Waals surface area contributed by atoms with Crippen molar-refractivity contribution in [1.29, 1.82) is 0 Å². The van der Waals surface area contributed by atoms with E-state index in [1.807, 2.05) is 0 Å². The Labute approximate surface area is 113 Å². The highest BCUT2D eigenvalue weighted by Gasteiger charge is 2.07. The van der Waals surface area contributed by atoms with Crippen LogP contribution in [0, 0.1) is 5.82 Å². The summed E-state index contributed by atoms with van der Waals surface area (Å²) in [6, 6.07) is 5.94. The molecule has 0 aliphatic rings. The summed E-state index contributed by atoms with van der Waals surface area (Å²) in [4.78, 5) is 0. The molecule has 0 fully saturated rings. The van der Waals surface area contributed by atoms with Crippen molar-refractivity contribution in [1.82, 2.24) is 30.0 Å². The summed E-state index contributed by atoms with van der Waals surface area (Å²) in [6.45, 7) is 0.203. The first-order chi connectivity index (χ1) is 9.72. The average Bonchev–Trinajstić information content (AvgIpc) is 3.05. The van der Waals surface area contributed by atoms with E-state index in [4.69, 9.17) is 4.74 Å². The zero-order valence-corrected chi connectivity index (χ0v) is 10.6. The molecule has 2 aromatic heterocycles. The zero-order valence-electron chi connectivity index (χ0n) is 10.6. The van der Waals surface area contributed by atoms with Crippen molar-refractivity contribution in [3.8, 4) is 11.6 Å². The molecule has 3 rings (SSSR count). The quantitative estimate of drug-likeness (QED) is 0.713. The van der Waals surface area contributed by atoms with Crippen molar-refractivity contribution in [3.05, 3.63) is 48.2 Å². The van der Waals surface area contributed by atoms with Gasteiger partial charge in [0, 0.05) is 13.1 Å². The molecule has 0 aliphatic heterocycles. The van der Waals surface area contributed by atoms with E-state index in [0.717, 1.165) is 0 Å². The smallest absolute Gasteiger partial charge is 0.173 e. The molecule has 0 atom stereocenters. The predicted molar refractivity (Wildman–Crippen MR) is 66.7 cm³/mol. The van der Waals surface area contributed by atoms with E-state index in [1.165, 1.54) is 12.1 Å². The third-order valence-electron chi connectivity index (χ3n) is 2.65. The van der Waals surface area contributed by atoms with Crippen LogP contribution in [0.25, 0.3) is 5.82 Å². The minimum absolute atomic E-state index is 0.203. The number of aryl methyl sites for hydroxylation is 1. The summed E-state index contributed by atoms with van der Waals surface area (Å²) in [5.74, 6) is 0.795. The Morgan fingerprint density at radius 3 is 2.95 bits per heavy atom. The van der Waals surface area contributed by atoms with Crippen LogP contribution in [0.5, 0.6) is 5.75 Å². The maximum Gasteiger partial charge on any atom is 0.173 e. The third-order valence-corrected chi connectivity index (χ3v) is 2.65. The van der Waals surface area contributed by atoms with Gasteiger partial charge in [-0.1, -0.05) is 16.5 Å². The van der Waals surface area contributed by atoms with Crippen LogP contribution >= 0.6 is 0 Å². The van der Waals surface area contributed by atoms with Gasteiger partial charge in [0.1, 0.15) is 23.9 Å². The SMILES string of the molecule is Cn1nncc1-n1cc(COc2cccc(F)c2)nn1. The molecule has 0 amide bonds. The molecule has 8 heteroatoms. The molecule has 7 nitrogen and oxygen atoms in total. The fourth-order valence-electron chi connectivity index (χ4n) is 1.68. The highest BCUT2D eigenvalue weighted by Crippen LogP contribution is 2.13. The van der Waals surface area contributed by atoms with Crippen LogP contribution in [0.15, 0.2) is 36.7 Å². The number of nitrogens with zero attached hydrogens (tertiary/aromatic N) is 6. The molecule has 0 unspecified atom stereocenters. The van der Waals surface area contributed by atoms with Crippen LogP contribution in [0.3, 0.4) is 0 Å². The lowest BCUT2D eigenvalue weighted by molar-refractivity contribution is 0.299. The molecule has 0 radical (unpaired) electrons. The van der Waals surface area contributed by atoms with Gasteiger partial charge in [0.05, 0.1) is 12.4 Å². The van der Waals surface area contributed by atoms with Gasteiger partial charge in [-0.25, -0.2) is 13.8 Å². The van der Waals surface area contributed by atoms with Crippen LogP contribution in [-0.4, -0.2) is 30.0 Å². The van der Waals surface area contributed by atoms with E-state index in [2.05, 4.69) is 20.6 Å². The van der Waals surface area contributed by atoms with Crippen LogP contribution < -0.4 is 4.74 Å². The van der Waals surface area contributed by atoms with Crippen molar-refractivity contribution in [2.75, 3.05) is 0 Å². The van der Waals surface area contributed by atoms with Gasteiger partial charge in [0.2, 0.25) is 0 Å². The fraction of sp³-hybridized carbons (Fsp3) is 0.167. The van der Waals surface area contributed by atoms with Gasteiger partial charge in [-0.2, -0.15) is 0 Å². The van der Waals surface area contributed by atoms with Crippen LogP contribution in [-0.2, 0) is 13.7 Å². The van der Waals surface area contributed by atoms with E-state index < -0.39 is 0 Å². The van der Waals surface area contributed by atoms with Gasteiger partial charge in [-0.15, -0.1) is 10.2 Å². The number of ether oxygens (including phenoxy) is 1. The van der Waals surface area contributed by atoms with Gasteiger partial charge in [-0.05, 0) is 12.1 Å². The highest BCUT2D eigenvalue weighted by molar-refractivity contribution is 5.22. The van der Waals surface area contributed by atoms with Crippen LogP contribution in [0.1, 0.15) is 5.69 Å². The number of aromatic nitrogens is 6. The maximum atomic E-state index is 13.0. The molecule has 20 heavy (non-hydrogen) atoms. The second kappa shape index (κ2) is 5.08. The van der Waals surface area contributed by atoms with Crippen molar-refractivity contribution in [2.45, 2.75) is 6.61 Å². The minimum Gasteiger partial charge on any atom is -0.487 e. The number of halogens is 1. The van der Waals surface area contributed by atoms with E-state index in [1.54, 1.807) is 40.9 Å². The van der Waals surface area contributed by atoms with Crippen molar-refractivity contribution in [3.63, 3.8) is 0 Å². The second-order valence-electron chi connectivity index (χ2n) is 4.12. The molecule has 1 aromatic carbocycles. The molecule has 2 heterocycles. The molecule has 0 saturated carbocycles. The largest absolute Gasteiger partial charge is 0.487 e. The molecule has 3 aromatic rings. The molecular formula is C12H11FN6O. The summed E-state index contributed by atoms with van der Waals surface area (Å²) >= 11 is 0. The highest BCUT2D eigenvalue weighted by atomic mass is 19.1. The van der Waals surface area contributed by atoms with E-state index in [9.17, 15) is 4.39 Å². The van der Waals surface area contributed by atoms with Gasteiger partial charge >= 0.3 is 0 Å². The topological polar surface area (TPSA) is 70.7 Å². The van der Waals surface area contributed by atoms with E-state index >= 15 is 0 Å². The molecule has 0 aliphatic carbocycles. The van der Waals surface area contributed by atoms with Gasteiger partial charge in [0.25, 0.3) is 0 Å². The summed E-state index contributed by atoms with van der Waals surface area (Å²) < 4.78 is 21.6. The predicted octanol–water partition coefficient (Wildman–Crippen LogP) is 1.11. The van der Waals surface area contributed by atoms with Crippen LogP contribution in [0.2, 0.25) is 0 Å². The standard InChI is InChI=1S/C12H11FN6O/c1-18-12(6-14-16-18)19-7-10(15-17-19)8-20-11-4-2-3-9(13)5-11/h2-7H,8H2,1H3. The Balaban J connectivity index is 1.70. The van der Waals surface area contributed by atoms with Crippen molar-refractivity contribution >= 4 is 0 Å². The average molecular weight is 274 g/mol. The monoisotopic (exact) mass is 274 g/mol. The summed E-state index contributed by atoms with van der Waals surface area (Å²) in [7, 11) is 1.76. The fourth-order valence-corrected chi connectivity index (χ4v) is 1.68. The molecular weight excluding hydrogens is 263 g/mol. The Morgan fingerprint density at radius 1 is 1.30 bits per heavy atom. The lowest BCUT2D eigenvalue weighted by Crippen LogP contribution is -2.03. The summed E-state index contributed by atoms with van der Waals surface area (Å²) in [6.07, 6.45) is 3.28. The van der Waals surface area contributed by atoms with Gasteiger partial charge in [-0.3, -0.25) is 0 Å². The first kappa shape index (κ1) is 12.3. The first-order valence-electron chi connectivity index (χ1n) is 5.87. The van der Waals surface area contributed by atoms with Gasteiger partial charge < -0.3 is 4.74 Å². The Bertz CT molecular complexity index is 722. The Kier molecular flexibility index (Phi) is 3.12. The Hall–Kier alpha value is -2.77. The van der Waals surface area contributed by atoms with Gasteiger partial charge in [0.15, 0.2) is 5.82 Å². The van der Waals surface area contributed by atoms with Crippen molar-refractivity contribution < 1.29 is 9.13 Å². The normalized spacial score (nSPS) is 10.7. The molecule has 0 bridgehead atoms. The third kappa shape index (κ3) is 2.48. The summed E-state index contributed by atoms with van der Waals surface area (Å²) in [5, 5.41) is 15.5. The zero-order chi connectivity index (χ0) is 13.9. The molecule has 0 spiro atoms. The molecule has 102 valence electrons. The van der Waals surface area contributed by atoms with E-state index in [0.29, 0.717) is 17.3 Å².